The van der Waals surface area contributed by atoms with E-state index in [1.807, 2.05) is 57.2 Å². The number of morpholine rings is 1. The van der Waals surface area contributed by atoms with E-state index < -0.39 is 0 Å². The fourth-order valence-corrected chi connectivity index (χ4v) is 6.38. The lowest BCUT2D eigenvalue weighted by molar-refractivity contribution is 0.0900. The Morgan fingerprint density at radius 2 is 1.92 bits per heavy atom. The van der Waals surface area contributed by atoms with Crippen LogP contribution in [0.25, 0.3) is 5.69 Å². The second-order valence-electron chi connectivity index (χ2n) is 10.9. The van der Waals surface area contributed by atoms with Crippen LogP contribution in [-0.4, -0.2) is 52.0 Å². The molecule has 0 aliphatic carbocycles. The Hall–Kier alpha value is -3.89. The van der Waals surface area contributed by atoms with Gasteiger partial charge in [0.25, 0.3) is 11.5 Å². The number of aromatic nitrogens is 3. The average Bonchev–Trinajstić information content (AvgIpc) is 3.46. The number of ether oxygens (including phenoxy) is 1. The molecule has 2 aliphatic heterocycles. The van der Waals surface area contributed by atoms with E-state index in [0.717, 1.165) is 57.8 Å². The summed E-state index contributed by atoms with van der Waals surface area (Å²) in [6.45, 7) is 7.91. The molecule has 1 atom stereocenters. The zero-order valence-electron chi connectivity index (χ0n) is 22.3. The van der Waals surface area contributed by atoms with E-state index in [9.17, 15) is 9.59 Å². The topological polar surface area (TPSA) is 104 Å². The second kappa shape index (κ2) is 10.0. The lowest BCUT2D eigenvalue weighted by Gasteiger charge is -2.35. The van der Waals surface area contributed by atoms with Crippen LogP contribution in [0.3, 0.4) is 0 Å². The Bertz CT molecular complexity index is 1590. The first kappa shape index (κ1) is 25.4. The number of thiazole rings is 1. The van der Waals surface area contributed by atoms with Gasteiger partial charge in [-0.1, -0.05) is 29.5 Å². The van der Waals surface area contributed by atoms with Crippen molar-refractivity contribution in [1.29, 1.82) is 0 Å². The highest BCUT2D eigenvalue weighted by atomic mass is 32.1. The van der Waals surface area contributed by atoms with E-state index in [0.29, 0.717) is 13.2 Å². The fourth-order valence-electron chi connectivity index (χ4n) is 5.30. The minimum Gasteiger partial charge on any atom is -0.377 e. The van der Waals surface area contributed by atoms with Crippen molar-refractivity contribution >= 4 is 33.8 Å². The van der Waals surface area contributed by atoms with Crippen LogP contribution in [0.2, 0.25) is 0 Å². The predicted octanol–water partition coefficient (Wildman–Crippen LogP) is 4.19. The maximum Gasteiger partial charge on any atom is 0.271 e. The van der Waals surface area contributed by atoms with Crippen molar-refractivity contribution in [3.8, 4) is 5.69 Å². The largest absolute Gasteiger partial charge is 0.377 e. The molecule has 0 spiro atoms. The normalized spacial score (nSPS) is 18.5. The summed E-state index contributed by atoms with van der Waals surface area (Å²) in [6.07, 6.45) is 1.52. The standard InChI is InChI=1S/C29H32N6O3S/c1-18-12-25(36)35(33-18)22-9-5-8-21(15-22)30-20-7-4-6-19(13-20)14-23-17-38-11-10-34(23)28-31-24-16-29(2,3)32-27(37)26(24)39-28/h4-9,12-13,15,23,30,33H,10-11,14,16-17H2,1-3H3,(H,32,37). The third kappa shape index (κ3) is 5.35. The SMILES string of the molecule is Cc1cc(=O)n(-c2cccc(Nc3cccc(CC4COCCN4c4nc5c(s4)C(=O)NC(C)(C)C5)c3)c2)[nH]1. The lowest BCUT2D eigenvalue weighted by Crippen LogP contribution is -2.48. The summed E-state index contributed by atoms with van der Waals surface area (Å²) in [5.41, 5.74) is 5.13. The van der Waals surface area contributed by atoms with Gasteiger partial charge in [0.05, 0.1) is 30.6 Å². The minimum atomic E-state index is -0.289. The molecule has 0 bridgehead atoms. The molecule has 6 rings (SSSR count). The van der Waals surface area contributed by atoms with E-state index in [1.54, 1.807) is 6.07 Å². The van der Waals surface area contributed by atoms with Gasteiger partial charge in [-0.05, 0) is 63.1 Å². The molecule has 10 heteroatoms. The van der Waals surface area contributed by atoms with Crippen molar-refractivity contribution in [2.75, 3.05) is 30.0 Å². The molecule has 202 valence electrons. The number of amides is 1. The summed E-state index contributed by atoms with van der Waals surface area (Å²) in [7, 11) is 0. The Balaban J connectivity index is 1.20. The number of nitrogens with zero attached hydrogens (tertiary/aromatic N) is 3. The molecule has 39 heavy (non-hydrogen) atoms. The van der Waals surface area contributed by atoms with Gasteiger partial charge in [-0.3, -0.25) is 14.7 Å². The zero-order chi connectivity index (χ0) is 27.1. The molecular weight excluding hydrogens is 512 g/mol. The van der Waals surface area contributed by atoms with E-state index in [4.69, 9.17) is 9.72 Å². The summed E-state index contributed by atoms with van der Waals surface area (Å²) in [5, 5.41) is 10.5. The van der Waals surface area contributed by atoms with Gasteiger partial charge in [0.15, 0.2) is 5.13 Å². The number of carbonyl (C=O) groups excluding carboxylic acids is 1. The minimum absolute atomic E-state index is 0.0334. The summed E-state index contributed by atoms with van der Waals surface area (Å²) in [5.74, 6) is -0.0334. The van der Waals surface area contributed by atoms with Gasteiger partial charge in [0.1, 0.15) is 4.88 Å². The molecule has 1 amide bonds. The maximum absolute atomic E-state index is 12.7. The Labute approximate surface area is 230 Å². The van der Waals surface area contributed by atoms with Gasteiger partial charge < -0.3 is 20.3 Å². The molecule has 1 unspecified atom stereocenters. The van der Waals surface area contributed by atoms with Crippen molar-refractivity contribution in [3.63, 3.8) is 0 Å². The quantitative estimate of drug-likeness (QED) is 0.336. The van der Waals surface area contributed by atoms with Crippen LogP contribution < -0.4 is 21.1 Å². The molecule has 3 N–H and O–H groups in total. The highest BCUT2D eigenvalue weighted by Gasteiger charge is 2.35. The molecule has 2 aliphatic rings. The van der Waals surface area contributed by atoms with Crippen molar-refractivity contribution < 1.29 is 9.53 Å². The second-order valence-corrected chi connectivity index (χ2v) is 11.9. The number of anilines is 3. The summed E-state index contributed by atoms with van der Waals surface area (Å²) >= 11 is 1.48. The van der Waals surface area contributed by atoms with Crippen molar-refractivity contribution in [3.05, 3.63) is 86.8 Å². The molecule has 1 saturated heterocycles. The zero-order valence-corrected chi connectivity index (χ0v) is 23.1. The number of nitrogens with one attached hydrogen (secondary N) is 3. The molecule has 9 nitrogen and oxygen atoms in total. The smallest absolute Gasteiger partial charge is 0.271 e. The number of aryl methyl sites for hydroxylation is 1. The number of hydrogen-bond donors (Lipinski definition) is 3. The van der Waals surface area contributed by atoms with Gasteiger partial charge >= 0.3 is 0 Å². The van der Waals surface area contributed by atoms with E-state index in [2.05, 4.69) is 32.8 Å². The third-order valence-electron chi connectivity index (χ3n) is 7.07. The number of hydrogen-bond acceptors (Lipinski definition) is 7. The number of carbonyl (C=O) groups is 1. The van der Waals surface area contributed by atoms with Gasteiger partial charge in [0, 0.05) is 41.6 Å². The summed E-state index contributed by atoms with van der Waals surface area (Å²) in [6, 6.07) is 17.8. The Kier molecular flexibility index (Phi) is 6.52. The van der Waals surface area contributed by atoms with Crippen LogP contribution in [-0.2, 0) is 17.6 Å². The third-order valence-corrected chi connectivity index (χ3v) is 8.20. The number of fused-ring (bicyclic) bond motifs is 1. The summed E-state index contributed by atoms with van der Waals surface area (Å²) < 4.78 is 7.40. The number of H-pyrrole nitrogens is 1. The van der Waals surface area contributed by atoms with Crippen LogP contribution in [0.1, 0.15) is 40.5 Å². The fraction of sp³-hybridized carbons (Fsp3) is 0.345. The first-order valence-corrected chi connectivity index (χ1v) is 14.0. The molecule has 2 aromatic heterocycles. The highest BCUT2D eigenvalue weighted by Crippen LogP contribution is 2.34. The van der Waals surface area contributed by atoms with Crippen LogP contribution in [0.5, 0.6) is 0 Å². The Morgan fingerprint density at radius 1 is 1.13 bits per heavy atom. The van der Waals surface area contributed by atoms with Crippen molar-refractivity contribution in [1.82, 2.24) is 20.1 Å². The first-order valence-electron chi connectivity index (χ1n) is 13.2. The van der Waals surface area contributed by atoms with Gasteiger partial charge in [-0.2, -0.15) is 0 Å². The number of rotatable bonds is 6. The van der Waals surface area contributed by atoms with Crippen LogP contribution in [0.4, 0.5) is 16.5 Å². The first-order chi connectivity index (χ1) is 18.7. The molecule has 1 fully saturated rings. The van der Waals surface area contributed by atoms with Gasteiger partial charge in [0.2, 0.25) is 0 Å². The molecular formula is C29H32N6O3S. The maximum atomic E-state index is 12.7. The molecule has 2 aromatic carbocycles. The van der Waals surface area contributed by atoms with Crippen molar-refractivity contribution in [2.45, 2.75) is 45.2 Å². The predicted molar refractivity (Wildman–Crippen MR) is 154 cm³/mol. The van der Waals surface area contributed by atoms with Crippen LogP contribution >= 0.6 is 11.3 Å². The lowest BCUT2D eigenvalue weighted by atomic mass is 9.94. The average molecular weight is 545 g/mol. The van der Waals surface area contributed by atoms with E-state index in [1.165, 1.54) is 21.6 Å². The summed E-state index contributed by atoms with van der Waals surface area (Å²) in [4.78, 5) is 32.9. The molecule has 4 heterocycles. The van der Waals surface area contributed by atoms with Gasteiger partial charge in [-0.25, -0.2) is 9.67 Å². The number of benzene rings is 2. The van der Waals surface area contributed by atoms with Gasteiger partial charge in [-0.15, -0.1) is 0 Å². The number of aromatic amines is 1. The van der Waals surface area contributed by atoms with E-state index in [-0.39, 0.29) is 23.0 Å². The molecule has 0 radical (unpaired) electrons. The molecule has 0 saturated carbocycles. The van der Waals surface area contributed by atoms with Crippen LogP contribution in [0.15, 0.2) is 59.4 Å². The Morgan fingerprint density at radius 3 is 2.72 bits per heavy atom. The van der Waals surface area contributed by atoms with E-state index >= 15 is 0 Å². The van der Waals surface area contributed by atoms with Crippen molar-refractivity contribution in [2.24, 2.45) is 0 Å². The highest BCUT2D eigenvalue weighted by molar-refractivity contribution is 7.17. The monoisotopic (exact) mass is 544 g/mol. The molecule has 4 aromatic rings. The van der Waals surface area contributed by atoms with Crippen LogP contribution in [0, 0.1) is 6.92 Å².